The summed E-state index contributed by atoms with van der Waals surface area (Å²) in [5.41, 5.74) is 2.24. The minimum absolute atomic E-state index is 0.0511. The average Bonchev–Trinajstić information content (AvgIpc) is 2.80. The molecule has 1 heterocycles. The molecule has 0 bridgehead atoms. The summed E-state index contributed by atoms with van der Waals surface area (Å²) in [5.74, 6) is -1.37. The Kier molecular flexibility index (Phi) is 4.49. The van der Waals surface area contributed by atoms with Gasteiger partial charge in [-0.1, -0.05) is 18.2 Å². The number of amides is 1. The molecule has 1 amide bonds. The van der Waals surface area contributed by atoms with Crippen LogP contribution in [0.2, 0.25) is 0 Å². The van der Waals surface area contributed by atoms with E-state index in [4.69, 9.17) is 5.11 Å². The topological polar surface area (TPSA) is 84.2 Å². The summed E-state index contributed by atoms with van der Waals surface area (Å²) < 4.78 is 1.64. The van der Waals surface area contributed by atoms with Crippen LogP contribution >= 0.6 is 0 Å². The third kappa shape index (κ3) is 3.00. The van der Waals surface area contributed by atoms with Crippen LogP contribution in [-0.4, -0.2) is 39.7 Å². The van der Waals surface area contributed by atoms with Gasteiger partial charge in [0.05, 0.1) is 29.2 Å². The van der Waals surface area contributed by atoms with E-state index < -0.39 is 11.7 Å². The third-order valence-corrected chi connectivity index (χ3v) is 3.12. The molecule has 0 fully saturated rings. The smallest absolute Gasteiger partial charge is 0.292 e. The second kappa shape index (κ2) is 6.32. The number of aromatic nitrogens is 2. The standard InChI is InChI=1S/C15H17N3O3/c1-10-13(14(20)15(21)16-8-9-19)11(2)18(17-10)12-6-4-3-5-7-12/h3-7,19H,8-9H2,1-2H3,(H,16,21). The van der Waals surface area contributed by atoms with Crippen molar-refractivity contribution in [1.29, 1.82) is 0 Å². The van der Waals surface area contributed by atoms with Gasteiger partial charge < -0.3 is 10.4 Å². The summed E-state index contributed by atoms with van der Waals surface area (Å²) >= 11 is 0. The Morgan fingerprint density at radius 1 is 1.24 bits per heavy atom. The Bertz CT molecular complexity index is 662. The van der Waals surface area contributed by atoms with Gasteiger partial charge in [-0.05, 0) is 26.0 Å². The molecule has 1 aromatic carbocycles. The summed E-state index contributed by atoms with van der Waals surface area (Å²) in [6.45, 7) is 3.29. The summed E-state index contributed by atoms with van der Waals surface area (Å²) in [7, 11) is 0. The number of hydrogen-bond donors (Lipinski definition) is 2. The molecular weight excluding hydrogens is 270 g/mol. The fourth-order valence-corrected chi connectivity index (χ4v) is 2.16. The van der Waals surface area contributed by atoms with Gasteiger partial charge in [0, 0.05) is 6.54 Å². The van der Waals surface area contributed by atoms with Crippen molar-refractivity contribution < 1.29 is 14.7 Å². The Morgan fingerprint density at radius 3 is 2.52 bits per heavy atom. The van der Waals surface area contributed by atoms with Crippen molar-refractivity contribution in [2.45, 2.75) is 13.8 Å². The molecule has 0 radical (unpaired) electrons. The lowest BCUT2D eigenvalue weighted by Gasteiger charge is -2.05. The van der Waals surface area contributed by atoms with Crippen LogP contribution in [0, 0.1) is 13.8 Å². The molecule has 0 atom stereocenters. The van der Waals surface area contributed by atoms with Crippen molar-refractivity contribution >= 4 is 11.7 Å². The monoisotopic (exact) mass is 287 g/mol. The van der Waals surface area contributed by atoms with E-state index in [1.165, 1.54) is 0 Å². The first kappa shape index (κ1) is 14.9. The molecule has 1 aromatic heterocycles. The molecule has 6 nitrogen and oxygen atoms in total. The second-order valence-electron chi connectivity index (χ2n) is 4.60. The quantitative estimate of drug-likeness (QED) is 0.629. The van der Waals surface area contributed by atoms with Crippen molar-refractivity contribution in [3.05, 3.63) is 47.3 Å². The van der Waals surface area contributed by atoms with Crippen LogP contribution in [-0.2, 0) is 4.79 Å². The van der Waals surface area contributed by atoms with E-state index in [1.54, 1.807) is 18.5 Å². The van der Waals surface area contributed by atoms with Crippen LogP contribution in [0.4, 0.5) is 0 Å². The zero-order valence-electron chi connectivity index (χ0n) is 12.0. The zero-order valence-corrected chi connectivity index (χ0v) is 12.0. The van der Waals surface area contributed by atoms with Gasteiger partial charge >= 0.3 is 0 Å². The van der Waals surface area contributed by atoms with E-state index in [1.807, 2.05) is 30.3 Å². The van der Waals surface area contributed by atoms with Crippen LogP contribution in [0.3, 0.4) is 0 Å². The van der Waals surface area contributed by atoms with Gasteiger partial charge in [-0.3, -0.25) is 9.59 Å². The molecule has 110 valence electrons. The average molecular weight is 287 g/mol. The molecule has 21 heavy (non-hydrogen) atoms. The number of benzene rings is 1. The van der Waals surface area contributed by atoms with Crippen LogP contribution < -0.4 is 5.32 Å². The maximum absolute atomic E-state index is 12.2. The van der Waals surface area contributed by atoms with Crippen LogP contribution in [0.25, 0.3) is 5.69 Å². The molecule has 0 aliphatic rings. The highest BCUT2D eigenvalue weighted by atomic mass is 16.3. The molecule has 0 saturated carbocycles. The van der Waals surface area contributed by atoms with E-state index in [9.17, 15) is 9.59 Å². The molecule has 0 aliphatic carbocycles. The number of aryl methyl sites for hydroxylation is 1. The molecule has 2 rings (SSSR count). The van der Waals surface area contributed by atoms with Crippen molar-refractivity contribution in [2.24, 2.45) is 0 Å². The molecule has 0 spiro atoms. The first-order valence-electron chi connectivity index (χ1n) is 6.61. The predicted octanol–water partition coefficient (Wildman–Crippen LogP) is 0.780. The van der Waals surface area contributed by atoms with E-state index in [2.05, 4.69) is 10.4 Å². The highest BCUT2D eigenvalue weighted by Gasteiger charge is 2.24. The van der Waals surface area contributed by atoms with E-state index in [-0.39, 0.29) is 13.2 Å². The number of nitrogens with zero attached hydrogens (tertiary/aromatic N) is 2. The molecule has 2 N–H and O–H groups in total. The molecule has 2 aromatic rings. The highest BCUT2D eigenvalue weighted by Crippen LogP contribution is 2.18. The molecule has 0 aliphatic heterocycles. The van der Waals surface area contributed by atoms with Gasteiger partial charge in [-0.2, -0.15) is 5.10 Å². The minimum atomic E-state index is -0.733. The van der Waals surface area contributed by atoms with E-state index in [0.717, 1.165) is 5.69 Å². The first-order chi connectivity index (χ1) is 10.1. The summed E-state index contributed by atoms with van der Waals surface area (Å²) in [5, 5.41) is 15.4. The van der Waals surface area contributed by atoms with Gasteiger partial charge in [0.25, 0.3) is 11.7 Å². The number of Topliss-reactive ketones (excluding diaryl/α,β-unsaturated/α-hetero) is 1. The van der Waals surface area contributed by atoms with E-state index in [0.29, 0.717) is 17.0 Å². The molecule has 0 unspecified atom stereocenters. The molecular formula is C15H17N3O3. The van der Waals surface area contributed by atoms with Crippen molar-refractivity contribution in [3.63, 3.8) is 0 Å². The highest BCUT2D eigenvalue weighted by molar-refractivity contribution is 6.43. The minimum Gasteiger partial charge on any atom is -0.395 e. The lowest BCUT2D eigenvalue weighted by atomic mass is 10.1. The first-order valence-corrected chi connectivity index (χ1v) is 6.61. The van der Waals surface area contributed by atoms with Crippen LogP contribution in [0.15, 0.2) is 30.3 Å². The van der Waals surface area contributed by atoms with Crippen LogP contribution in [0.5, 0.6) is 0 Å². The summed E-state index contributed by atoms with van der Waals surface area (Å²) in [4.78, 5) is 23.9. The summed E-state index contributed by atoms with van der Waals surface area (Å²) in [6.07, 6.45) is 0. The molecule has 6 heteroatoms. The van der Waals surface area contributed by atoms with Gasteiger partial charge in [0.1, 0.15) is 0 Å². The number of aliphatic hydroxyl groups is 1. The van der Waals surface area contributed by atoms with Gasteiger partial charge in [0.2, 0.25) is 0 Å². The SMILES string of the molecule is Cc1nn(-c2ccccc2)c(C)c1C(=O)C(=O)NCCO. The van der Waals surface area contributed by atoms with Gasteiger partial charge in [-0.15, -0.1) is 0 Å². The Labute approximate surface area is 122 Å². The fourth-order valence-electron chi connectivity index (χ4n) is 2.16. The number of aliphatic hydroxyl groups excluding tert-OH is 1. The number of hydrogen-bond acceptors (Lipinski definition) is 4. The van der Waals surface area contributed by atoms with Crippen LogP contribution in [0.1, 0.15) is 21.7 Å². The largest absolute Gasteiger partial charge is 0.395 e. The number of carbonyl (C=O) groups excluding carboxylic acids is 2. The molecule has 0 saturated heterocycles. The number of carbonyl (C=O) groups is 2. The Hall–Kier alpha value is -2.47. The lowest BCUT2D eigenvalue weighted by molar-refractivity contribution is -0.117. The van der Waals surface area contributed by atoms with Crippen molar-refractivity contribution in [3.8, 4) is 5.69 Å². The van der Waals surface area contributed by atoms with Gasteiger partial charge in [0.15, 0.2) is 0 Å². The maximum atomic E-state index is 12.2. The van der Waals surface area contributed by atoms with Gasteiger partial charge in [-0.25, -0.2) is 4.68 Å². The van der Waals surface area contributed by atoms with Crippen molar-refractivity contribution in [2.75, 3.05) is 13.2 Å². The Balaban J connectivity index is 2.36. The number of nitrogens with one attached hydrogen (secondary N) is 1. The normalized spacial score (nSPS) is 10.4. The predicted molar refractivity (Wildman–Crippen MR) is 77.5 cm³/mol. The number of ketones is 1. The summed E-state index contributed by atoms with van der Waals surface area (Å²) in [6, 6.07) is 9.39. The maximum Gasteiger partial charge on any atom is 0.292 e. The Morgan fingerprint density at radius 2 is 1.90 bits per heavy atom. The number of rotatable bonds is 5. The third-order valence-electron chi connectivity index (χ3n) is 3.12. The number of para-hydroxylation sites is 1. The lowest BCUT2D eigenvalue weighted by Crippen LogP contribution is -2.33. The fraction of sp³-hybridized carbons (Fsp3) is 0.267. The van der Waals surface area contributed by atoms with Crippen molar-refractivity contribution in [1.82, 2.24) is 15.1 Å². The van der Waals surface area contributed by atoms with E-state index >= 15 is 0 Å². The zero-order chi connectivity index (χ0) is 15.4. The second-order valence-corrected chi connectivity index (χ2v) is 4.60.